The third-order valence-electron chi connectivity index (χ3n) is 18.5. The number of hydrogen-bond acceptors (Lipinski definition) is 16. The summed E-state index contributed by atoms with van der Waals surface area (Å²) < 4.78 is 110. The number of rotatable bonds is 44. The van der Waals surface area contributed by atoms with Crippen LogP contribution in [0.2, 0.25) is 0 Å². The maximum atomic E-state index is 13.0. The van der Waals surface area contributed by atoms with Gasteiger partial charge in [-0.25, -0.2) is 19.2 Å². The van der Waals surface area contributed by atoms with Crippen molar-refractivity contribution in [2.75, 3.05) is 36.8 Å². The lowest BCUT2D eigenvalue weighted by Gasteiger charge is -2.27. The van der Waals surface area contributed by atoms with Crippen molar-refractivity contribution in [2.45, 2.75) is 214 Å². The molecule has 570 valence electrons. The van der Waals surface area contributed by atoms with Crippen LogP contribution in [0.4, 0.5) is 16.2 Å². The zero-order valence-electron chi connectivity index (χ0n) is 59.1. The van der Waals surface area contributed by atoms with Crippen LogP contribution in [-0.2, 0) is 74.7 Å². The number of anilines is 1. The molecule has 2 heterocycles. The topological polar surface area (TPSA) is 456 Å². The van der Waals surface area contributed by atoms with E-state index in [0.717, 1.165) is 46.6 Å². The fourth-order valence-corrected chi connectivity index (χ4v) is 14.5. The molecule has 104 heavy (non-hydrogen) atoms. The molecule has 0 saturated carbocycles. The summed E-state index contributed by atoms with van der Waals surface area (Å²) in [6.45, 7) is 9.61. The minimum atomic E-state index is -4.58. The first-order valence-corrected chi connectivity index (χ1v) is 39.4. The fraction of sp³-hybridized carbons (Fsp3) is 0.514. The number of carboxylic acids is 4. The van der Waals surface area contributed by atoms with Crippen molar-refractivity contribution < 1.29 is 107 Å². The number of para-hydroxylation sites is 1. The molecule has 0 aromatic heterocycles. The van der Waals surface area contributed by atoms with Gasteiger partial charge in [0, 0.05) is 86.2 Å². The predicted molar refractivity (Wildman–Crippen MR) is 385 cm³/mol. The van der Waals surface area contributed by atoms with Crippen LogP contribution in [-0.4, -0.2) is 167 Å². The Morgan fingerprint density at radius 3 is 1.67 bits per heavy atom. The van der Waals surface area contributed by atoms with Gasteiger partial charge in [0.15, 0.2) is 5.71 Å². The van der Waals surface area contributed by atoms with Crippen LogP contribution < -0.4 is 36.2 Å². The summed E-state index contributed by atoms with van der Waals surface area (Å²) in [5.41, 5.74) is 5.46. The van der Waals surface area contributed by atoms with Gasteiger partial charge in [-0.1, -0.05) is 51.0 Å². The Labute approximate surface area is 607 Å². The maximum absolute atomic E-state index is 13.0. The molecule has 2 aliphatic heterocycles. The second-order valence-electron chi connectivity index (χ2n) is 27.1. The molecule has 3 aromatic rings. The van der Waals surface area contributed by atoms with Gasteiger partial charge in [-0.3, -0.25) is 32.8 Å². The van der Waals surface area contributed by atoms with Crippen molar-refractivity contribution in [1.29, 1.82) is 0 Å². The van der Waals surface area contributed by atoms with Crippen LogP contribution in [0.25, 0.3) is 0 Å². The number of carbonyl (C=O) groups excluding carboxylic acids is 4. The SMILES string of the molecule is CC1(C)C(/C=C/C2=C(Oc3ccc(S(=O)(=O)O)cc3)C(=C/C=C3/N(CCCCS(=O)(=O)O)c4ccc(S(=O)(=O)O)cc4C3(C)C)/CCC2)=[N+](CCCCCC(=O)NCCCCC(NC(=O)CCCCCCC(=O)NCCCC[C@H](NC(=O)N[C@@H](CCC(=O)O)C(=O)O)C(=O)O)C(=O)O)c2ccccc21. The first-order valence-electron chi connectivity index (χ1n) is 35.0. The average molecular weight is 1510 g/mol. The van der Waals surface area contributed by atoms with Gasteiger partial charge in [-0.2, -0.15) is 29.8 Å². The van der Waals surface area contributed by atoms with E-state index in [4.69, 9.17) is 9.84 Å². The molecule has 3 atom stereocenters. The molecule has 0 spiro atoms. The highest BCUT2D eigenvalue weighted by Crippen LogP contribution is 2.49. The van der Waals surface area contributed by atoms with Gasteiger partial charge in [0.25, 0.3) is 30.4 Å². The van der Waals surface area contributed by atoms with E-state index in [1.165, 1.54) is 36.4 Å². The Bertz CT molecular complexity index is 4130. The Balaban J connectivity index is 0.983. The lowest BCUT2D eigenvalue weighted by atomic mass is 9.81. The number of amides is 5. The maximum Gasteiger partial charge on any atom is 0.326 e. The van der Waals surface area contributed by atoms with Gasteiger partial charge in [-0.05, 0) is 188 Å². The van der Waals surface area contributed by atoms with Crippen LogP contribution in [0, 0.1) is 0 Å². The molecule has 1 unspecified atom stereocenters. The lowest BCUT2D eigenvalue weighted by Crippen LogP contribution is -2.51. The molecule has 0 radical (unpaired) electrons. The third kappa shape index (κ3) is 25.8. The van der Waals surface area contributed by atoms with Crippen LogP contribution in [0.15, 0.2) is 123 Å². The number of ether oxygens (including phenoxy) is 1. The van der Waals surface area contributed by atoms with E-state index in [-0.39, 0.29) is 66.7 Å². The predicted octanol–water partition coefficient (Wildman–Crippen LogP) is 9.02. The molecular formula is C72H98N7O22S3+. The van der Waals surface area contributed by atoms with Crippen LogP contribution in [0.3, 0.4) is 0 Å². The second kappa shape index (κ2) is 38.8. The van der Waals surface area contributed by atoms with Crippen molar-refractivity contribution >= 4 is 95.1 Å². The number of urea groups is 1. The molecule has 1 aliphatic carbocycles. The van der Waals surface area contributed by atoms with Crippen molar-refractivity contribution in [2.24, 2.45) is 0 Å². The summed E-state index contributed by atoms with van der Waals surface area (Å²) in [6.07, 6.45) is 16.0. The molecule has 5 amide bonds. The zero-order valence-corrected chi connectivity index (χ0v) is 61.5. The van der Waals surface area contributed by atoms with Gasteiger partial charge < -0.3 is 56.6 Å². The summed E-state index contributed by atoms with van der Waals surface area (Å²) >= 11 is 0. The fourth-order valence-electron chi connectivity index (χ4n) is 12.9. The summed E-state index contributed by atoms with van der Waals surface area (Å²) in [4.78, 5) is 97.5. The first kappa shape index (κ1) is 84.1. The largest absolute Gasteiger partial charge is 0.481 e. The van der Waals surface area contributed by atoms with Gasteiger partial charge in [0.2, 0.25) is 23.4 Å². The van der Waals surface area contributed by atoms with Gasteiger partial charge in [-0.15, -0.1) is 0 Å². The summed E-state index contributed by atoms with van der Waals surface area (Å²) in [5, 5.41) is 49.8. The molecule has 6 rings (SSSR count). The number of benzene rings is 3. The summed E-state index contributed by atoms with van der Waals surface area (Å²) in [7, 11) is -13.3. The number of nitrogens with one attached hydrogen (secondary N) is 5. The Hall–Kier alpha value is -8.82. The molecule has 3 aromatic carbocycles. The Kier molecular flexibility index (Phi) is 31.4. The Morgan fingerprint density at radius 1 is 0.558 bits per heavy atom. The van der Waals surface area contributed by atoms with Crippen LogP contribution in [0.1, 0.15) is 187 Å². The summed E-state index contributed by atoms with van der Waals surface area (Å²) in [5.74, 6) is -5.71. The van der Waals surface area contributed by atoms with Crippen LogP contribution in [0.5, 0.6) is 5.75 Å². The van der Waals surface area contributed by atoms with Crippen molar-refractivity contribution in [3.63, 3.8) is 0 Å². The van der Waals surface area contributed by atoms with E-state index in [1.807, 2.05) is 49.1 Å². The average Bonchev–Trinajstić information content (AvgIpc) is 1.59. The summed E-state index contributed by atoms with van der Waals surface area (Å²) in [6, 6.07) is 12.8. The van der Waals surface area contributed by atoms with E-state index >= 15 is 0 Å². The smallest absolute Gasteiger partial charge is 0.326 e. The highest BCUT2D eigenvalue weighted by molar-refractivity contribution is 7.86. The number of unbranched alkanes of at least 4 members (excludes halogenated alkanes) is 8. The quantitative estimate of drug-likeness (QED) is 0.0143. The monoisotopic (exact) mass is 1510 g/mol. The molecule has 12 N–H and O–H groups in total. The van der Waals surface area contributed by atoms with E-state index in [1.54, 1.807) is 6.07 Å². The first-order chi connectivity index (χ1) is 49.0. The number of fused-ring (bicyclic) bond motifs is 2. The molecular weight excluding hydrogens is 1410 g/mol. The number of carboxylic acid groups (broad SMARTS) is 4. The molecule has 3 aliphatic rings. The molecule has 0 fully saturated rings. The minimum absolute atomic E-state index is 0.0193. The third-order valence-corrected chi connectivity index (χ3v) is 21.0. The molecule has 29 nitrogen and oxygen atoms in total. The number of allylic oxidation sites excluding steroid dienone is 7. The highest BCUT2D eigenvalue weighted by Gasteiger charge is 2.45. The van der Waals surface area contributed by atoms with Gasteiger partial charge >= 0.3 is 29.9 Å². The standard InChI is InChI=1S/C72H97N7O22S3/c1-71(2)53-23-11-12-26-58(53)78(44-17-7-10-28-63(81)74-42-15-13-24-55(67(85)86)75-64(82)29-9-6-5-8-27-62(80)73-43-16-14-25-56(68(87)88)76-70(91)77-57(69(89)90)37-41-65(83)84)60(71)39-30-48-21-20-22-49(66(48)101-50-32-34-51(35-33-50)103(95,96)97)31-40-61-72(3,4)54-47-52(104(98,99)100)36-38-59(54)79(61)45-18-19-46-102(92,93)94/h11-12,23,26,30-36,38-40,47,55-57H,5-10,13-22,24-25,27-29,37,41-46H2,1-4H3,(H11-,73,74,75,76,77,80,81,82,83,84,85,86,87,88,89,90,91,92,93,94,95,96,97,98,99,100)/p+1/t55?,56-,57-/m0/s1. The number of nitrogens with zero attached hydrogens (tertiary/aromatic N) is 2. The van der Waals surface area contributed by atoms with E-state index < -0.39 is 114 Å². The van der Waals surface area contributed by atoms with Crippen molar-refractivity contribution in [3.05, 3.63) is 125 Å². The van der Waals surface area contributed by atoms with Crippen molar-refractivity contribution in [3.8, 4) is 5.75 Å². The number of carbonyl (C=O) groups is 8. The van der Waals surface area contributed by atoms with Crippen molar-refractivity contribution in [1.82, 2.24) is 26.6 Å². The molecule has 0 bridgehead atoms. The Morgan fingerprint density at radius 2 is 1.11 bits per heavy atom. The van der Waals surface area contributed by atoms with E-state index in [2.05, 4.69) is 63.2 Å². The number of hydrogen-bond donors (Lipinski definition) is 12. The molecule has 32 heteroatoms. The number of aliphatic carboxylic acids is 4. The lowest BCUT2D eigenvalue weighted by molar-refractivity contribution is -0.438. The highest BCUT2D eigenvalue weighted by atomic mass is 32.2. The van der Waals surface area contributed by atoms with E-state index in [0.29, 0.717) is 126 Å². The van der Waals surface area contributed by atoms with Gasteiger partial charge in [0.1, 0.15) is 36.2 Å². The van der Waals surface area contributed by atoms with Crippen LogP contribution >= 0.6 is 0 Å². The van der Waals surface area contributed by atoms with Gasteiger partial charge in [0.05, 0.1) is 21.0 Å². The second-order valence-corrected chi connectivity index (χ2v) is 31.6. The molecule has 0 saturated heterocycles. The zero-order chi connectivity index (χ0) is 76.6. The van der Waals surface area contributed by atoms with E-state index in [9.17, 15) is 92.6 Å². The normalized spacial score (nSPS) is 16.5. The minimum Gasteiger partial charge on any atom is -0.481 e.